The summed E-state index contributed by atoms with van der Waals surface area (Å²) in [5, 5.41) is 4.11. The van der Waals surface area contributed by atoms with Crippen molar-refractivity contribution in [2.75, 3.05) is 13.2 Å². The molecule has 6 unspecified atom stereocenters. The molecule has 0 saturated carbocycles. The van der Waals surface area contributed by atoms with E-state index in [4.69, 9.17) is 33.2 Å². The zero-order valence-corrected chi connectivity index (χ0v) is 29.9. The van der Waals surface area contributed by atoms with Crippen LogP contribution in [0.3, 0.4) is 0 Å². The van der Waals surface area contributed by atoms with Crippen LogP contribution in [0.5, 0.6) is 0 Å². The van der Waals surface area contributed by atoms with Crippen LogP contribution in [0.15, 0.2) is 65.8 Å². The molecule has 2 bridgehead atoms. The van der Waals surface area contributed by atoms with Crippen LogP contribution < -0.4 is 0 Å². The summed E-state index contributed by atoms with van der Waals surface area (Å²) < 4.78 is 46.1. The van der Waals surface area contributed by atoms with Crippen LogP contribution >= 0.6 is 0 Å². The minimum absolute atomic E-state index is 0.0102. The van der Waals surface area contributed by atoms with Gasteiger partial charge in [0.05, 0.1) is 63.0 Å². The van der Waals surface area contributed by atoms with Gasteiger partial charge < -0.3 is 33.2 Å². The van der Waals surface area contributed by atoms with Crippen molar-refractivity contribution in [1.82, 2.24) is 0 Å². The Bertz CT molecular complexity index is 1360. The van der Waals surface area contributed by atoms with Gasteiger partial charge in [0, 0.05) is 16.7 Å². The molecule has 0 N–H and O–H groups in total. The molecule has 4 aliphatic heterocycles. The largest absolute Gasteiger partial charge is 0.374 e. The second-order valence-corrected chi connectivity index (χ2v) is 14.9. The van der Waals surface area contributed by atoms with Crippen LogP contribution in [0.25, 0.3) is 10.4 Å². The van der Waals surface area contributed by atoms with Crippen LogP contribution in [0, 0.1) is 35.5 Å². The molecule has 6 rings (SSSR count). The first kappa shape index (κ1) is 36.3. The Hall–Kier alpha value is -2.53. The van der Waals surface area contributed by atoms with Gasteiger partial charge >= 0.3 is 0 Å². The first-order chi connectivity index (χ1) is 23.7. The Balaban J connectivity index is 1.16. The lowest BCUT2D eigenvalue weighted by Crippen LogP contribution is -2.58. The number of ether oxygens (including phenoxy) is 7. The fourth-order valence-corrected chi connectivity index (χ4v) is 8.14. The zero-order chi connectivity index (χ0) is 34.5. The smallest absolute Gasteiger partial charge is 0.161 e. The number of fused-ring (bicyclic) bond motifs is 2. The van der Waals surface area contributed by atoms with Gasteiger partial charge in [-0.1, -0.05) is 107 Å². The van der Waals surface area contributed by atoms with E-state index in [1.165, 1.54) is 0 Å². The lowest BCUT2D eigenvalue weighted by atomic mass is 9.78. The number of hydrogen-bond donors (Lipinski definition) is 0. The Labute approximate surface area is 291 Å². The van der Waals surface area contributed by atoms with Gasteiger partial charge in [0.1, 0.15) is 6.10 Å². The second-order valence-electron chi connectivity index (χ2n) is 14.9. The van der Waals surface area contributed by atoms with Gasteiger partial charge in [-0.05, 0) is 53.2 Å². The molecule has 0 aliphatic carbocycles. The van der Waals surface area contributed by atoms with Gasteiger partial charge in [0.2, 0.25) is 0 Å². The van der Waals surface area contributed by atoms with E-state index in [9.17, 15) is 5.53 Å². The summed E-state index contributed by atoms with van der Waals surface area (Å²) >= 11 is 0. The van der Waals surface area contributed by atoms with E-state index in [0.717, 1.165) is 24.0 Å². The molecule has 10 heteroatoms. The van der Waals surface area contributed by atoms with Crippen molar-refractivity contribution >= 4 is 0 Å². The fraction of sp³-hybridized carbons (Fsp3) is 0.692. The molecular weight excluding hydrogens is 622 g/mol. The summed E-state index contributed by atoms with van der Waals surface area (Å²) in [6.07, 6.45) is -0.248. The van der Waals surface area contributed by atoms with E-state index in [1.807, 2.05) is 36.4 Å². The van der Waals surface area contributed by atoms with E-state index in [2.05, 4.69) is 75.8 Å². The summed E-state index contributed by atoms with van der Waals surface area (Å²) in [4.78, 5) is 3.13. The molecule has 4 fully saturated rings. The number of hydrogen-bond acceptors (Lipinski definition) is 8. The van der Waals surface area contributed by atoms with Crippen molar-refractivity contribution in [3.05, 3.63) is 82.2 Å². The second kappa shape index (κ2) is 16.7. The predicted molar refractivity (Wildman–Crippen MR) is 185 cm³/mol. The van der Waals surface area contributed by atoms with Gasteiger partial charge in [0.15, 0.2) is 12.6 Å². The van der Waals surface area contributed by atoms with Gasteiger partial charge in [0.25, 0.3) is 0 Å². The first-order valence-electron chi connectivity index (χ1n) is 18.3. The van der Waals surface area contributed by atoms with Crippen LogP contribution in [0.1, 0.15) is 65.5 Å². The Morgan fingerprint density at radius 3 is 1.76 bits per heavy atom. The molecule has 49 heavy (non-hydrogen) atoms. The fourth-order valence-electron chi connectivity index (χ4n) is 8.14. The number of rotatable bonds is 13. The van der Waals surface area contributed by atoms with Crippen molar-refractivity contribution in [3.8, 4) is 0 Å². The lowest BCUT2D eigenvalue weighted by molar-refractivity contribution is -0.342. The van der Waals surface area contributed by atoms with Crippen molar-refractivity contribution in [1.29, 1.82) is 0 Å². The summed E-state index contributed by atoms with van der Waals surface area (Å²) in [5.41, 5.74) is 11.5. The quantitative estimate of drug-likeness (QED) is 0.121. The number of benzene rings is 2. The third kappa shape index (κ3) is 8.35. The highest BCUT2D eigenvalue weighted by Crippen LogP contribution is 2.44. The standard InChI is InChI=1S/C39H55N3O7/c1-23-24(2)33(21-43-19-29-13-9-7-10-14-29)46-38(26(23)4)48-36-25(3)27(5)39(47-34(36)22-44-20-30-15-11-8-12-16-30)49-37-28(6)35(41-42-40)31-17-18-32(37)45-31/h7-16,23-28,31-39H,17-22H2,1-6H3/t23-,24+,25+,26?,27?,28-,31-,32?,33?,34?,35?,36+,37-,38+,39-/m0/s1. The van der Waals surface area contributed by atoms with Crippen LogP contribution in [-0.2, 0) is 46.4 Å². The Kier molecular flexibility index (Phi) is 12.3. The Morgan fingerprint density at radius 1 is 0.612 bits per heavy atom. The molecular formula is C39H55N3O7. The number of azide groups is 1. The minimum Gasteiger partial charge on any atom is -0.374 e. The third-order valence-electron chi connectivity index (χ3n) is 11.9. The third-order valence-corrected chi connectivity index (χ3v) is 11.9. The molecule has 2 aromatic rings. The SMILES string of the molecule is CC1[C@@H](O[C@H]2C(COCc3ccccc3)O[C@@H](O[C@@H]3C4CC[C@H](O4)C(N=[N+]=[N-])[C@@H]3C)C(C)[C@H]2C)OC(COCc2ccccc2)[C@H](C)[C@@H]1C. The average Bonchev–Trinajstić information content (AvgIpc) is 3.56. The molecule has 10 nitrogen and oxygen atoms in total. The molecule has 0 amide bonds. The molecule has 268 valence electrons. The molecule has 4 aliphatic rings. The van der Waals surface area contributed by atoms with Crippen molar-refractivity contribution in [2.45, 2.75) is 123 Å². The molecule has 4 heterocycles. The highest BCUT2D eigenvalue weighted by atomic mass is 16.7. The first-order valence-corrected chi connectivity index (χ1v) is 18.3. The van der Waals surface area contributed by atoms with E-state index in [-0.39, 0.29) is 66.3 Å². The predicted octanol–water partition coefficient (Wildman–Crippen LogP) is 7.70. The molecule has 15 atom stereocenters. The molecule has 2 aromatic carbocycles. The van der Waals surface area contributed by atoms with Crippen molar-refractivity contribution < 1.29 is 33.2 Å². The zero-order valence-electron chi connectivity index (χ0n) is 29.9. The number of nitrogens with zero attached hydrogens (tertiary/aromatic N) is 3. The normalized spacial score (nSPS) is 40.5. The molecule has 0 aromatic heterocycles. The van der Waals surface area contributed by atoms with Gasteiger partial charge in [-0.2, -0.15) is 0 Å². The molecule has 0 radical (unpaired) electrons. The highest BCUT2D eigenvalue weighted by molar-refractivity contribution is 5.14. The van der Waals surface area contributed by atoms with Crippen LogP contribution in [-0.4, -0.2) is 68.5 Å². The molecule has 0 spiro atoms. The highest BCUT2D eigenvalue weighted by Gasteiger charge is 2.52. The van der Waals surface area contributed by atoms with Crippen molar-refractivity contribution in [3.63, 3.8) is 0 Å². The van der Waals surface area contributed by atoms with Crippen molar-refractivity contribution in [2.24, 2.45) is 40.6 Å². The van der Waals surface area contributed by atoms with E-state index in [1.54, 1.807) is 0 Å². The summed E-state index contributed by atoms with van der Waals surface area (Å²) in [6, 6.07) is 20.1. The minimum atomic E-state index is -0.497. The van der Waals surface area contributed by atoms with E-state index in [0.29, 0.717) is 38.3 Å². The van der Waals surface area contributed by atoms with Gasteiger partial charge in [-0.25, -0.2) is 0 Å². The van der Waals surface area contributed by atoms with E-state index >= 15 is 0 Å². The molecule has 4 saturated heterocycles. The lowest BCUT2D eigenvalue weighted by Gasteiger charge is -2.50. The topological polar surface area (TPSA) is 113 Å². The van der Waals surface area contributed by atoms with Gasteiger partial charge in [-0.3, -0.25) is 0 Å². The summed E-state index contributed by atoms with van der Waals surface area (Å²) in [6.45, 7) is 15.1. The summed E-state index contributed by atoms with van der Waals surface area (Å²) in [7, 11) is 0. The Morgan fingerprint density at radius 2 is 1.14 bits per heavy atom. The van der Waals surface area contributed by atoms with Gasteiger partial charge in [-0.15, -0.1) is 0 Å². The monoisotopic (exact) mass is 677 g/mol. The maximum absolute atomic E-state index is 9.26. The van der Waals surface area contributed by atoms with Crippen LogP contribution in [0.4, 0.5) is 0 Å². The summed E-state index contributed by atoms with van der Waals surface area (Å²) in [5.74, 6) is 0.965. The maximum Gasteiger partial charge on any atom is 0.161 e. The van der Waals surface area contributed by atoms with E-state index < -0.39 is 12.6 Å². The van der Waals surface area contributed by atoms with Crippen LogP contribution in [0.2, 0.25) is 0 Å². The average molecular weight is 678 g/mol. The maximum atomic E-state index is 9.26.